The lowest BCUT2D eigenvalue weighted by molar-refractivity contribution is -0.384. The molecule has 0 fully saturated rings. The number of rotatable bonds is 4. The van der Waals surface area contributed by atoms with Gasteiger partial charge in [-0.1, -0.05) is 0 Å². The number of benzene rings is 2. The molecule has 1 aliphatic heterocycles. The molecule has 0 aliphatic carbocycles. The number of likely N-dealkylation sites (N-methyl/N-ethyl adjacent to an activating group) is 1. The van der Waals surface area contributed by atoms with Gasteiger partial charge in [0.15, 0.2) is 0 Å². The predicted octanol–water partition coefficient (Wildman–Crippen LogP) is 3.85. The SMILES string of the molecule is COc1cc2c(cc1/N=N/c1ccc([N+](=O)[O-])cc1)OCCN2C. The summed E-state index contributed by atoms with van der Waals surface area (Å²) in [6, 6.07) is 9.48. The number of anilines is 1. The van der Waals surface area contributed by atoms with Crippen molar-refractivity contribution < 1.29 is 14.4 Å². The van der Waals surface area contributed by atoms with Crippen molar-refractivity contribution in [2.45, 2.75) is 0 Å². The van der Waals surface area contributed by atoms with E-state index in [1.165, 1.54) is 24.3 Å². The van der Waals surface area contributed by atoms with Gasteiger partial charge >= 0.3 is 0 Å². The lowest BCUT2D eigenvalue weighted by Gasteiger charge is -2.28. The van der Waals surface area contributed by atoms with Gasteiger partial charge in [0, 0.05) is 31.3 Å². The standard InChI is InChI=1S/C16H16N4O4/c1-19-7-8-24-16-9-13(15(23-2)10-14(16)19)18-17-11-3-5-12(6-4-11)20(21)22/h3-6,9-10H,7-8H2,1-2H3/b18-17+. The number of non-ortho nitro benzene ring substituents is 1. The van der Waals surface area contributed by atoms with Crippen molar-refractivity contribution in [2.24, 2.45) is 10.2 Å². The summed E-state index contributed by atoms with van der Waals surface area (Å²) in [6.45, 7) is 1.41. The number of azo groups is 1. The van der Waals surface area contributed by atoms with Crippen molar-refractivity contribution in [3.63, 3.8) is 0 Å². The molecule has 8 nitrogen and oxygen atoms in total. The third-order valence-electron chi connectivity index (χ3n) is 3.69. The maximum atomic E-state index is 10.7. The number of hydrogen-bond donors (Lipinski definition) is 0. The Kier molecular flexibility index (Phi) is 4.28. The Morgan fingerprint density at radius 2 is 2.00 bits per heavy atom. The molecule has 2 aromatic carbocycles. The van der Waals surface area contributed by atoms with Crippen LogP contribution in [0.25, 0.3) is 0 Å². The van der Waals surface area contributed by atoms with Crippen LogP contribution in [-0.4, -0.2) is 32.2 Å². The number of nitro benzene ring substituents is 1. The van der Waals surface area contributed by atoms with Gasteiger partial charge in [-0.05, 0) is 12.1 Å². The summed E-state index contributed by atoms with van der Waals surface area (Å²) in [7, 11) is 3.55. The van der Waals surface area contributed by atoms with E-state index in [1.807, 2.05) is 13.1 Å². The zero-order chi connectivity index (χ0) is 17.1. The maximum absolute atomic E-state index is 10.7. The Hall–Kier alpha value is -3.16. The molecule has 0 unspecified atom stereocenters. The molecule has 0 saturated heterocycles. The van der Waals surface area contributed by atoms with Crippen LogP contribution in [0, 0.1) is 10.1 Å². The van der Waals surface area contributed by atoms with Crippen LogP contribution in [-0.2, 0) is 0 Å². The molecule has 0 bridgehead atoms. The van der Waals surface area contributed by atoms with E-state index < -0.39 is 4.92 Å². The molecule has 2 aromatic rings. The molecule has 1 aliphatic rings. The third-order valence-corrected chi connectivity index (χ3v) is 3.69. The molecule has 24 heavy (non-hydrogen) atoms. The molecule has 0 N–H and O–H groups in total. The Morgan fingerprint density at radius 1 is 1.25 bits per heavy atom. The van der Waals surface area contributed by atoms with Crippen LogP contribution in [0.5, 0.6) is 11.5 Å². The van der Waals surface area contributed by atoms with E-state index in [9.17, 15) is 10.1 Å². The number of hydrogen-bond acceptors (Lipinski definition) is 7. The molecule has 1 heterocycles. The van der Waals surface area contributed by atoms with Gasteiger partial charge < -0.3 is 14.4 Å². The minimum atomic E-state index is -0.457. The largest absolute Gasteiger partial charge is 0.494 e. The number of methoxy groups -OCH3 is 1. The van der Waals surface area contributed by atoms with Crippen molar-refractivity contribution in [2.75, 3.05) is 32.2 Å². The normalized spacial score (nSPS) is 13.5. The van der Waals surface area contributed by atoms with Crippen LogP contribution < -0.4 is 14.4 Å². The Balaban J connectivity index is 1.90. The Morgan fingerprint density at radius 3 is 2.67 bits per heavy atom. The first-order valence-electron chi connectivity index (χ1n) is 7.30. The van der Waals surface area contributed by atoms with Crippen molar-refractivity contribution in [1.82, 2.24) is 0 Å². The van der Waals surface area contributed by atoms with E-state index in [-0.39, 0.29) is 5.69 Å². The molecule has 0 amide bonds. The summed E-state index contributed by atoms with van der Waals surface area (Å²) in [5, 5.41) is 18.9. The van der Waals surface area contributed by atoms with Crippen LogP contribution in [0.15, 0.2) is 46.6 Å². The average Bonchev–Trinajstić information content (AvgIpc) is 2.60. The zero-order valence-corrected chi connectivity index (χ0v) is 13.3. The topological polar surface area (TPSA) is 89.6 Å². The van der Waals surface area contributed by atoms with E-state index in [2.05, 4.69) is 15.1 Å². The van der Waals surface area contributed by atoms with Gasteiger partial charge in [0.1, 0.15) is 23.8 Å². The fourth-order valence-electron chi connectivity index (χ4n) is 2.36. The number of ether oxygens (including phenoxy) is 2. The molecular formula is C16H16N4O4. The molecule has 0 spiro atoms. The quantitative estimate of drug-likeness (QED) is 0.483. The van der Waals surface area contributed by atoms with E-state index in [0.717, 1.165) is 18.0 Å². The molecule has 8 heteroatoms. The lowest BCUT2D eigenvalue weighted by atomic mass is 10.2. The minimum absolute atomic E-state index is 0.0109. The number of nitro groups is 1. The first kappa shape index (κ1) is 15.7. The second-order valence-electron chi connectivity index (χ2n) is 5.24. The molecule has 0 atom stereocenters. The highest BCUT2D eigenvalue weighted by atomic mass is 16.6. The van der Waals surface area contributed by atoms with Gasteiger partial charge in [-0.3, -0.25) is 10.1 Å². The van der Waals surface area contributed by atoms with Crippen LogP contribution in [0.2, 0.25) is 0 Å². The fraction of sp³-hybridized carbons (Fsp3) is 0.250. The zero-order valence-electron chi connectivity index (χ0n) is 13.3. The van der Waals surface area contributed by atoms with Crippen LogP contribution >= 0.6 is 0 Å². The molecule has 3 rings (SSSR count). The third kappa shape index (κ3) is 3.12. The van der Waals surface area contributed by atoms with Crippen molar-refractivity contribution in [3.8, 4) is 11.5 Å². The van der Waals surface area contributed by atoms with Gasteiger partial charge in [-0.2, -0.15) is 5.11 Å². The average molecular weight is 328 g/mol. The number of fused-ring (bicyclic) bond motifs is 1. The lowest BCUT2D eigenvalue weighted by Crippen LogP contribution is -2.28. The summed E-state index contributed by atoms with van der Waals surface area (Å²) in [5.41, 5.74) is 1.99. The molecular weight excluding hydrogens is 312 g/mol. The highest BCUT2D eigenvalue weighted by molar-refractivity contribution is 5.70. The second-order valence-corrected chi connectivity index (χ2v) is 5.24. The minimum Gasteiger partial charge on any atom is -0.494 e. The van der Waals surface area contributed by atoms with Gasteiger partial charge in [0.25, 0.3) is 5.69 Å². The van der Waals surface area contributed by atoms with Gasteiger partial charge in [-0.25, -0.2) is 0 Å². The van der Waals surface area contributed by atoms with Crippen LogP contribution in [0.3, 0.4) is 0 Å². The summed E-state index contributed by atoms with van der Waals surface area (Å²) in [4.78, 5) is 12.3. The summed E-state index contributed by atoms with van der Waals surface area (Å²) >= 11 is 0. The van der Waals surface area contributed by atoms with E-state index in [4.69, 9.17) is 9.47 Å². The Labute approximate surface area is 138 Å². The van der Waals surface area contributed by atoms with E-state index in [0.29, 0.717) is 23.7 Å². The van der Waals surface area contributed by atoms with Crippen LogP contribution in [0.1, 0.15) is 0 Å². The monoisotopic (exact) mass is 328 g/mol. The van der Waals surface area contributed by atoms with E-state index >= 15 is 0 Å². The Bertz CT molecular complexity index is 789. The van der Waals surface area contributed by atoms with Gasteiger partial charge in [0.05, 0.1) is 30.0 Å². The van der Waals surface area contributed by atoms with Crippen molar-refractivity contribution in [1.29, 1.82) is 0 Å². The second kappa shape index (κ2) is 6.53. The molecule has 124 valence electrons. The smallest absolute Gasteiger partial charge is 0.269 e. The molecule has 0 aromatic heterocycles. The highest BCUT2D eigenvalue weighted by Gasteiger charge is 2.18. The number of nitrogens with zero attached hydrogens (tertiary/aromatic N) is 4. The summed E-state index contributed by atoms with van der Waals surface area (Å²) in [5.74, 6) is 1.30. The van der Waals surface area contributed by atoms with Gasteiger partial charge in [0.2, 0.25) is 0 Å². The predicted molar refractivity (Wildman–Crippen MR) is 89.0 cm³/mol. The summed E-state index contributed by atoms with van der Waals surface area (Å²) in [6.07, 6.45) is 0. The first-order valence-corrected chi connectivity index (χ1v) is 7.30. The molecule has 0 saturated carbocycles. The fourth-order valence-corrected chi connectivity index (χ4v) is 2.36. The molecule has 0 radical (unpaired) electrons. The summed E-state index contributed by atoms with van der Waals surface area (Å²) < 4.78 is 11.0. The first-order chi connectivity index (χ1) is 11.6. The van der Waals surface area contributed by atoms with Crippen LogP contribution in [0.4, 0.5) is 22.7 Å². The maximum Gasteiger partial charge on any atom is 0.269 e. The van der Waals surface area contributed by atoms with E-state index in [1.54, 1.807) is 13.2 Å². The highest BCUT2D eigenvalue weighted by Crippen LogP contribution is 2.41. The van der Waals surface area contributed by atoms with Crippen molar-refractivity contribution >= 4 is 22.7 Å². The van der Waals surface area contributed by atoms with Crippen molar-refractivity contribution in [3.05, 3.63) is 46.5 Å². The van der Waals surface area contributed by atoms with Gasteiger partial charge in [-0.15, -0.1) is 5.11 Å².